The van der Waals surface area contributed by atoms with Crippen LogP contribution < -0.4 is 16.2 Å². The van der Waals surface area contributed by atoms with Crippen LogP contribution in [0.2, 0.25) is 0 Å². The quantitative estimate of drug-likeness (QED) is 0.154. The third-order valence-electron chi connectivity index (χ3n) is 6.15. The standard InChI is InChI=1S/C28H36N2O5/c1-2-3-17-33-24-12-7-21(8-13-24)28(32)35-25-10-4-20(5-11-25)6-15-27(31)34-18-16-22-19-23(29)9-14-26(22)30/h4-6,9-11,14-15,19,21,24H,2-3,7-8,12-13,16-18,29-30H2,1H3/b15-6+. The minimum absolute atomic E-state index is 0.0851. The molecule has 0 saturated heterocycles. The van der Waals surface area contributed by atoms with E-state index >= 15 is 0 Å². The zero-order valence-corrected chi connectivity index (χ0v) is 20.4. The number of benzene rings is 2. The molecular weight excluding hydrogens is 444 g/mol. The van der Waals surface area contributed by atoms with E-state index in [-0.39, 0.29) is 24.6 Å². The van der Waals surface area contributed by atoms with Crippen LogP contribution in [0.15, 0.2) is 48.5 Å². The lowest BCUT2D eigenvalue weighted by molar-refractivity contribution is -0.141. The molecule has 0 heterocycles. The summed E-state index contributed by atoms with van der Waals surface area (Å²) >= 11 is 0. The number of rotatable bonds is 11. The Morgan fingerprint density at radius 1 is 1.00 bits per heavy atom. The highest BCUT2D eigenvalue weighted by Gasteiger charge is 2.28. The zero-order chi connectivity index (χ0) is 25.0. The van der Waals surface area contributed by atoms with Gasteiger partial charge in [-0.15, -0.1) is 0 Å². The molecular formula is C28H36N2O5. The molecule has 1 aliphatic rings. The van der Waals surface area contributed by atoms with Gasteiger partial charge in [0.05, 0.1) is 18.6 Å². The normalized spacial score (nSPS) is 17.9. The topological polar surface area (TPSA) is 114 Å². The van der Waals surface area contributed by atoms with Gasteiger partial charge in [-0.3, -0.25) is 4.79 Å². The number of nitrogen functional groups attached to an aromatic ring is 2. The lowest BCUT2D eigenvalue weighted by Gasteiger charge is -2.27. The van der Waals surface area contributed by atoms with E-state index in [2.05, 4.69) is 6.92 Å². The van der Waals surface area contributed by atoms with Crippen LogP contribution in [0, 0.1) is 5.92 Å². The average molecular weight is 481 g/mol. The molecule has 7 heteroatoms. The SMILES string of the molecule is CCCCOC1CCC(C(=O)Oc2ccc(/C=C/C(=O)OCCc3cc(N)ccc3N)cc2)CC1. The maximum Gasteiger partial charge on any atom is 0.330 e. The van der Waals surface area contributed by atoms with E-state index in [0.717, 1.165) is 56.3 Å². The first-order chi connectivity index (χ1) is 16.9. The van der Waals surface area contributed by atoms with Crippen molar-refractivity contribution in [1.82, 2.24) is 0 Å². The van der Waals surface area contributed by atoms with Crippen LogP contribution in [0.3, 0.4) is 0 Å². The summed E-state index contributed by atoms with van der Waals surface area (Å²) in [6, 6.07) is 12.3. The first-order valence-electron chi connectivity index (χ1n) is 12.4. The maximum absolute atomic E-state index is 12.5. The number of hydrogen-bond donors (Lipinski definition) is 2. The van der Waals surface area contributed by atoms with Gasteiger partial charge < -0.3 is 25.7 Å². The van der Waals surface area contributed by atoms with E-state index in [1.54, 1.807) is 48.5 Å². The van der Waals surface area contributed by atoms with Gasteiger partial charge in [0, 0.05) is 30.5 Å². The molecule has 1 fully saturated rings. The highest BCUT2D eigenvalue weighted by atomic mass is 16.5. The van der Waals surface area contributed by atoms with Crippen LogP contribution in [-0.2, 0) is 25.5 Å². The molecule has 0 atom stereocenters. The summed E-state index contributed by atoms with van der Waals surface area (Å²) in [6.07, 6.45) is 9.36. The smallest absolute Gasteiger partial charge is 0.330 e. The molecule has 35 heavy (non-hydrogen) atoms. The van der Waals surface area contributed by atoms with Gasteiger partial charge in [-0.1, -0.05) is 25.5 Å². The summed E-state index contributed by atoms with van der Waals surface area (Å²) in [5.41, 5.74) is 14.6. The summed E-state index contributed by atoms with van der Waals surface area (Å²) < 4.78 is 16.7. The van der Waals surface area contributed by atoms with Gasteiger partial charge in [0.15, 0.2) is 0 Å². The van der Waals surface area contributed by atoms with E-state index in [0.29, 0.717) is 23.5 Å². The second-order valence-corrected chi connectivity index (χ2v) is 8.90. The Balaban J connectivity index is 1.38. The first-order valence-corrected chi connectivity index (χ1v) is 12.4. The molecule has 1 saturated carbocycles. The number of anilines is 2. The number of carbonyl (C=O) groups excluding carboxylic acids is 2. The molecule has 0 aliphatic heterocycles. The molecule has 1 aliphatic carbocycles. The van der Waals surface area contributed by atoms with Crippen molar-refractivity contribution in [2.75, 3.05) is 24.7 Å². The van der Waals surface area contributed by atoms with Crippen molar-refractivity contribution in [1.29, 1.82) is 0 Å². The maximum atomic E-state index is 12.5. The van der Waals surface area contributed by atoms with Crippen molar-refractivity contribution in [2.24, 2.45) is 5.92 Å². The van der Waals surface area contributed by atoms with Gasteiger partial charge in [-0.05, 0) is 79.6 Å². The molecule has 0 unspecified atom stereocenters. The number of unbranched alkanes of at least 4 members (excludes halogenated alkanes) is 1. The van der Waals surface area contributed by atoms with Crippen molar-refractivity contribution in [3.63, 3.8) is 0 Å². The van der Waals surface area contributed by atoms with Gasteiger partial charge in [0.2, 0.25) is 0 Å². The molecule has 4 N–H and O–H groups in total. The van der Waals surface area contributed by atoms with Gasteiger partial charge in [-0.25, -0.2) is 4.79 Å². The lowest BCUT2D eigenvalue weighted by Crippen LogP contribution is -2.29. The molecule has 188 valence electrons. The van der Waals surface area contributed by atoms with E-state index < -0.39 is 5.97 Å². The van der Waals surface area contributed by atoms with Crippen LogP contribution >= 0.6 is 0 Å². The second kappa shape index (κ2) is 13.5. The Morgan fingerprint density at radius 2 is 1.74 bits per heavy atom. The Bertz CT molecular complexity index is 995. The Morgan fingerprint density at radius 3 is 2.46 bits per heavy atom. The predicted molar refractivity (Wildman–Crippen MR) is 138 cm³/mol. The Hall–Kier alpha value is -3.32. The fraction of sp³-hybridized carbons (Fsp3) is 0.429. The number of esters is 2. The second-order valence-electron chi connectivity index (χ2n) is 8.90. The molecule has 3 rings (SSSR count). The molecule has 7 nitrogen and oxygen atoms in total. The molecule has 0 amide bonds. The fourth-order valence-electron chi connectivity index (χ4n) is 4.02. The number of carbonyl (C=O) groups is 2. The summed E-state index contributed by atoms with van der Waals surface area (Å²) in [5, 5.41) is 0. The third-order valence-corrected chi connectivity index (χ3v) is 6.15. The van der Waals surface area contributed by atoms with Gasteiger partial charge in [-0.2, -0.15) is 0 Å². The molecule has 0 aromatic heterocycles. The van der Waals surface area contributed by atoms with Crippen molar-refractivity contribution < 1.29 is 23.8 Å². The first kappa shape index (κ1) is 26.3. The fourth-order valence-corrected chi connectivity index (χ4v) is 4.02. The predicted octanol–water partition coefficient (Wildman–Crippen LogP) is 4.93. The monoisotopic (exact) mass is 480 g/mol. The van der Waals surface area contributed by atoms with Crippen molar-refractivity contribution in [2.45, 2.75) is 58.0 Å². The molecule has 0 radical (unpaired) electrons. The summed E-state index contributed by atoms with van der Waals surface area (Å²) in [5.74, 6) is -0.226. The van der Waals surface area contributed by atoms with Crippen molar-refractivity contribution in [3.8, 4) is 5.75 Å². The lowest BCUT2D eigenvalue weighted by atomic mass is 9.87. The van der Waals surface area contributed by atoms with Crippen LogP contribution in [0.1, 0.15) is 56.6 Å². The van der Waals surface area contributed by atoms with Gasteiger partial charge in [0.25, 0.3) is 0 Å². The minimum Gasteiger partial charge on any atom is -0.462 e. The van der Waals surface area contributed by atoms with E-state index in [1.165, 1.54) is 6.08 Å². The van der Waals surface area contributed by atoms with Gasteiger partial charge >= 0.3 is 11.9 Å². The van der Waals surface area contributed by atoms with E-state index in [4.69, 9.17) is 25.7 Å². The van der Waals surface area contributed by atoms with Crippen LogP contribution in [-0.4, -0.2) is 31.3 Å². The highest BCUT2D eigenvalue weighted by molar-refractivity contribution is 5.87. The number of hydrogen-bond acceptors (Lipinski definition) is 7. The van der Waals surface area contributed by atoms with Crippen LogP contribution in [0.5, 0.6) is 5.75 Å². The molecule has 2 aromatic rings. The van der Waals surface area contributed by atoms with Crippen molar-refractivity contribution >= 4 is 29.4 Å². The number of nitrogens with two attached hydrogens (primary N) is 2. The molecule has 0 bridgehead atoms. The minimum atomic E-state index is -0.447. The van der Waals surface area contributed by atoms with Crippen LogP contribution in [0.4, 0.5) is 11.4 Å². The largest absolute Gasteiger partial charge is 0.462 e. The molecule has 0 spiro atoms. The summed E-state index contributed by atoms with van der Waals surface area (Å²) in [6.45, 7) is 3.15. The van der Waals surface area contributed by atoms with E-state index in [9.17, 15) is 9.59 Å². The zero-order valence-electron chi connectivity index (χ0n) is 20.4. The summed E-state index contributed by atoms with van der Waals surface area (Å²) in [7, 11) is 0. The third kappa shape index (κ3) is 8.76. The number of ether oxygens (including phenoxy) is 3. The van der Waals surface area contributed by atoms with Crippen LogP contribution in [0.25, 0.3) is 6.08 Å². The highest BCUT2D eigenvalue weighted by Crippen LogP contribution is 2.28. The molecule has 2 aromatic carbocycles. The Labute approximate surface area is 207 Å². The Kier molecular flexibility index (Phi) is 10.2. The average Bonchev–Trinajstić information content (AvgIpc) is 2.86. The van der Waals surface area contributed by atoms with Gasteiger partial charge in [0.1, 0.15) is 5.75 Å². The van der Waals surface area contributed by atoms with E-state index in [1.807, 2.05) is 0 Å². The van der Waals surface area contributed by atoms with Crippen molar-refractivity contribution in [3.05, 3.63) is 59.7 Å². The summed E-state index contributed by atoms with van der Waals surface area (Å²) in [4.78, 5) is 24.5.